The lowest BCUT2D eigenvalue weighted by Gasteiger charge is -2.35. The van der Waals surface area contributed by atoms with Gasteiger partial charge in [-0.1, -0.05) is 0 Å². The minimum atomic E-state index is -0.807. The van der Waals surface area contributed by atoms with Gasteiger partial charge in [0.05, 0.1) is 11.5 Å². The van der Waals surface area contributed by atoms with Crippen LogP contribution in [0.5, 0.6) is 0 Å². The quantitative estimate of drug-likeness (QED) is 0.588. The van der Waals surface area contributed by atoms with E-state index in [9.17, 15) is 9.90 Å². The molecule has 0 aromatic carbocycles. The summed E-state index contributed by atoms with van der Waals surface area (Å²) in [6.45, 7) is 1.84. The Balaban J connectivity index is 2.07. The minimum Gasteiger partial charge on any atom is -0.389 e. The van der Waals surface area contributed by atoms with Gasteiger partial charge < -0.3 is 15.2 Å². The maximum atomic E-state index is 11.4. The van der Waals surface area contributed by atoms with Gasteiger partial charge in [0.15, 0.2) is 0 Å². The highest BCUT2D eigenvalue weighted by Gasteiger charge is 2.44. The molecule has 2 aliphatic heterocycles. The molecule has 0 aromatic rings. The van der Waals surface area contributed by atoms with Gasteiger partial charge in [-0.2, -0.15) is 0 Å². The normalized spacial score (nSPS) is 33.0. The molecule has 0 aliphatic carbocycles. The SMILES string of the molecule is O=C1NCC[C@@H]1C1(O)CCOCC1. The molecule has 2 aliphatic rings. The van der Waals surface area contributed by atoms with E-state index >= 15 is 0 Å². The van der Waals surface area contributed by atoms with Crippen molar-refractivity contribution in [2.24, 2.45) is 5.92 Å². The summed E-state index contributed by atoms with van der Waals surface area (Å²) >= 11 is 0. The van der Waals surface area contributed by atoms with Gasteiger partial charge in [-0.25, -0.2) is 0 Å². The highest BCUT2D eigenvalue weighted by atomic mass is 16.5. The Hall–Kier alpha value is -0.610. The molecule has 4 nitrogen and oxygen atoms in total. The van der Waals surface area contributed by atoms with Gasteiger partial charge in [0.25, 0.3) is 0 Å². The first-order chi connectivity index (χ1) is 6.22. The van der Waals surface area contributed by atoms with Crippen LogP contribution in [0.1, 0.15) is 19.3 Å². The first-order valence-corrected chi connectivity index (χ1v) is 4.80. The standard InChI is InChI=1S/C9H15NO3/c11-8-7(1-4-10-8)9(12)2-5-13-6-3-9/h7,12H,1-6H2,(H,10,11)/t7-/m0/s1. The summed E-state index contributed by atoms with van der Waals surface area (Å²) in [7, 11) is 0. The second kappa shape index (κ2) is 3.27. The minimum absolute atomic E-state index is 0.00407. The Morgan fingerprint density at radius 2 is 2.15 bits per heavy atom. The third kappa shape index (κ3) is 1.56. The number of rotatable bonds is 1. The molecule has 74 valence electrons. The van der Waals surface area contributed by atoms with Crippen molar-refractivity contribution in [3.8, 4) is 0 Å². The zero-order valence-corrected chi connectivity index (χ0v) is 7.58. The number of ether oxygens (including phenoxy) is 1. The molecule has 2 heterocycles. The number of nitrogens with one attached hydrogen (secondary N) is 1. The molecule has 2 N–H and O–H groups in total. The Morgan fingerprint density at radius 1 is 1.46 bits per heavy atom. The van der Waals surface area contributed by atoms with Gasteiger partial charge in [0.2, 0.25) is 5.91 Å². The fourth-order valence-corrected chi connectivity index (χ4v) is 2.18. The van der Waals surface area contributed by atoms with Gasteiger partial charge in [0, 0.05) is 32.6 Å². The third-order valence-corrected chi connectivity index (χ3v) is 3.06. The van der Waals surface area contributed by atoms with E-state index < -0.39 is 5.60 Å². The molecule has 0 aromatic heterocycles. The maximum absolute atomic E-state index is 11.4. The smallest absolute Gasteiger partial charge is 0.226 e. The molecule has 2 fully saturated rings. The zero-order valence-electron chi connectivity index (χ0n) is 7.58. The summed E-state index contributed by atoms with van der Waals surface area (Å²) in [5.74, 6) is -0.208. The monoisotopic (exact) mass is 185 g/mol. The summed E-state index contributed by atoms with van der Waals surface area (Å²) in [6.07, 6.45) is 1.94. The van der Waals surface area contributed by atoms with Crippen LogP contribution >= 0.6 is 0 Å². The molecule has 0 unspecified atom stereocenters. The van der Waals surface area contributed by atoms with Crippen LogP contribution in [0.4, 0.5) is 0 Å². The van der Waals surface area contributed by atoms with Gasteiger partial charge in [-0.05, 0) is 6.42 Å². The van der Waals surface area contributed by atoms with Crippen LogP contribution in [0.3, 0.4) is 0 Å². The van der Waals surface area contributed by atoms with Crippen LogP contribution in [-0.4, -0.2) is 36.4 Å². The first-order valence-electron chi connectivity index (χ1n) is 4.80. The van der Waals surface area contributed by atoms with Crippen molar-refractivity contribution in [2.75, 3.05) is 19.8 Å². The van der Waals surface area contributed by atoms with Crippen molar-refractivity contribution in [1.29, 1.82) is 0 Å². The van der Waals surface area contributed by atoms with Crippen LogP contribution in [-0.2, 0) is 9.53 Å². The van der Waals surface area contributed by atoms with Crippen LogP contribution in [0.2, 0.25) is 0 Å². The molecule has 2 saturated heterocycles. The van der Waals surface area contributed by atoms with Crippen molar-refractivity contribution in [1.82, 2.24) is 5.32 Å². The van der Waals surface area contributed by atoms with E-state index in [-0.39, 0.29) is 11.8 Å². The second-order valence-corrected chi connectivity index (χ2v) is 3.85. The van der Waals surface area contributed by atoms with Gasteiger partial charge >= 0.3 is 0 Å². The number of hydrogen-bond acceptors (Lipinski definition) is 3. The molecule has 1 atom stereocenters. The largest absolute Gasteiger partial charge is 0.389 e. The van der Waals surface area contributed by atoms with E-state index in [1.165, 1.54) is 0 Å². The lowest BCUT2D eigenvalue weighted by Crippen LogP contribution is -2.46. The summed E-state index contributed by atoms with van der Waals surface area (Å²) < 4.78 is 5.17. The Morgan fingerprint density at radius 3 is 2.69 bits per heavy atom. The Bertz CT molecular complexity index is 211. The van der Waals surface area contributed by atoms with Crippen LogP contribution < -0.4 is 5.32 Å². The van der Waals surface area contributed by atoms with Gasteiger partial charge in [-0.3, -0.25) is 4.79 Å². The number of hydrogen-bond donors (Lipinski definition) is 2. The predicted molar refractivity (Wildman–Crippen MR) is 46.1 cm³/mol. The van der Waals surface area contributed by atoms with Crippen molar-refractivity contribution >= 4 is 5.91 Å². The number of carbonyl (C=O) groups excluding carboxylic acids is 1. The third-order valence-electron chi connectivity index (χ3n) is 3.06. The van der Waals surface area contributed by atoms with Crippen molar-refractivity contribution in [2.45, 2.75) is 24.9 Å². The molecular weight excluding hydrogens is 170 g/mol. The van der Waals surface area contributed by atoms with E-state index in [1.54, 1.807) is 0 Å². The first kappa shape index (κ1) is 8.97. The number of aliphatic hydroxyl groups is 1. The lowest BCUT2D eigenvalue weighted by atomic mass is 9.80. The molecule has 0 saturated carbocycles. The molecule has 1 amide bonds. The predicted octanol–water partition coefficient (Wildman–Crippen LogP) is -0.336. The van der Waals surface area contributed by atoms with E-state index in [2.05, 4.69) is 5.32 Å². The van der Waals surface area contributed by atoms with Gasteiger partial charge in [0.1, 0.15) is 0 Å². The summed E-state index contributed by atoms with van der Waals surface area (Å²) in [6, 6.07) is 0. The Kier molecular flexibility index (Phi) is 2.26. The van der Waals surface area contributed by atoms with E-state index in [0.717, 1.165) is 6.42 Å². The average Bonchev–Trinajstić information content (AvgIpc) is 2.53. The van der Waals surface area contributed by atoms with Crippen molar-refractivity contribution in [3.05, 3.63) is 0 Å². The second-order valence-electron chi connectivity index (χ2n) is 3.85. The van der Waals surface area contributed by atoms with E-state index in [4.69, 9.17) is 4.74 Å². The molecule has 4 heteroatoms. The molecular formula is C9H15NO3. The molecule has 13 heavy (non-hydrogen) atoms. The van der Waals surface area contributed by atoms with Crippen LogP contribution in [0, 0.1) is 5.92 Å². The van der Waals surface area contributed by atoms with Crippen LogP contribution in [0.15, 0.2) is 0 Å². The summed E-state index contributed by atoms with van der Waals surface area (Å²) in [4.78, 5) is 11.4. The van der Waals surface area contributed by atoms with Gasteiger partial charge in [-0.15, -0.1) is 0 Å². The summed E-state index contributed by atoms with van der Waals surface area (Å²) in [5, 5.41) is 13.0. The summed E-state index contributed by atoms with van der Waals surface area (Å²) in [5.41, 5.74) is -0.807. The van der Waals surface area contributed by atoms with Crippen LogP contribution in [0.25, 0.3) is 0 Å². The maximum Gasteiger partial charge on any atom is 0.226 e. The molecule has 0 bridgehead atoms. The number of carbonyl (C=O) groups is 1. The van der Waals surface area contributed by atoms with E-state index in [1.807, 2.05) is 0 Å². The number of amides is 1. The average molecular weight is 185 g/mol. The lowest BCUT2D eigenvalue weighted by molar-refractivity contribution is -0.139. The molecule has 0 radical (unpaired) electrons. The van der Waals surface area contributed by atoms with Crippen molar-refractivity contribution < 1.29 is 14.6 Å². The molecule has 2 rings (SSSR count). The fraction of sp³-hybridized carbons (Fsp3) is 0.889. The van der Waals surface area contributed by atoms with E-state index in [0.29, 0.717) is 32.6 Å². The highest BCUT2D eigenvalue weighted by molar-refractivity contribution is 5.81. The fourth-order valence-electron chi connectivity index (χ4n) is 2.18. The Labute approximate surface area is 77.3 Å². The highest BCUT2D eigenvalue weighted by Crippen LogP contribution is 2.33. The van der Waals surface area contributed by atoms with Crippen molar-refractivity contribution in [3.63, 3.8) is 0 Å². The zero-order chi connectivity index (χ0) is 9.31. The molecule has 0 spiro atoms. The topological polar surface area (TPSA) is 58.6 Å².